The van der Waals surface area contributed by atoms with Crippen molar-refractivity contribution in [2.45, 2.75) is 96.2 Å². The largest absolute Gasteiger partial charge is 0.481 e. The number of rotatable bonds is 15. The van der Waals surface area contributed by atoms with Crippen LogP contribution in [0.25, 0.3) is 0 Å². The van der Waals surface area contributed by atoms with Crippen LogP contribution in [-0.2, 0) is 19.4 Å². The number of carboxylic acids is 1. The highest BCUT2D eigenvalue weighted by Gasteiger charge is 2.49. The number of unbranched alkanes of at least 4 members (excludes halogenated alkanes) is 6. The van der Waals surface area contributed by atoms with Gasteiger partial charge in [-0.05, 0) is 44.4 Å². The van der Waals surface area contributed by atoms with E-state index in [4.69, 9.17) is 9.84 Å². The molecule has 2 fully saturated rings. The lowest BCUT2D eigenvalue weighted by Gasteiger charge is -2.27. The fourth-order valence-corrected chi connectivity index (χ4v) is 6.51. The molecule has 2 rings (SSSR count). The molecule has 28 heavy (non-hydrogen) atoms. The monoisotopic (exact) mass is 414 g/mol. The molecule has 1 N–H and O–H groups in total. The molecule has 2 aliphatic heterocycles. The van der Waals surface area contributed by atoms with Crippen LogP contribution in [0.5, 0.6) is 0 Å². The van der Waals surface area contributed by atoms with Crippen molar-refractivity contribution in [2.24, 2.45) is 11.8 Å². The van der Waals surface area contributed by atoms with Crippen molar-refractivity contribution < 1.29 is 23.1 Å². The Morgan fingerprint density at radius 2 is 1.68 bits per heavy atom. The first kappa shape index (κ1) is 23.4. The fourth-order valence-electron chi connectivity index (χ4n) is 4.65. The molecule has 5 nitrogen and oxygen atoms in total. The molecule has 4 atom stereocenters. The van der Waals surface area contributed by atoms with Gasteiger partial charge in [-0.25, -0.2) is 8.42 Å². The van der Waals surface area contributed by atoms with Crippen molar-refractivity contribution in [2.75, 3.05) is 11.5 Å². The highest BCUT2D eigenvalue weighted by atomic mass is 32.2. The maximum absolute atomic E-state index is 12.6. The molecular formula is C22H38O5S. The second-order valence-electron chi connectivity index (χ2n) is 8.49. The molecule has 162 valence electrons. The molecule has 2 heterocycles. The Balaban J connectivity index is 1.76. The molecule has 6 heteroatoms. The Morgan fingerprint density at radius 1 is 1.00 bits per heavy atom. The van der Waals surface area contributed by atoms with Gasteiger partial charge >= 0.3 is 5.97 Å². The average Bonchev–Trinajstić information content (AvgIpc) is 3.23. The van der Waals surface area contributed by atoms with Crippen molar-refractivity contribution in [1.29, 1.82) is 0 Å². The fraction of sp³-hybridized carbons (Fsp3) is 0.864. The molecule has 2 aliphatic rings. The lowest BCUT2D eigenvalue weighted by Crippen LogP contribution is -2.33. The van der Waals surface area contributed by atoms with Gasteiger partial charge in [0.05, 0.1) is 23.7 Å². The number of sulfone groups is 1. The molecule has 0 aromatic rings. The number of aliphatic carboxylic acids is 1. The van der Waals surface area contributed by atoms with Crippen LogP contribution in [0, 0.1) is 11.8 Å². The molecule has 0 saturated carbocycles. The van der Waals surface area contributed by atoms with Crippen LogP contribution >= 0.6 is 0 Å². The standard InChI is InChI=1S/C22H38O5S/c1-2-3-4-5-8-11-16-28(25,26)17-19-18(20-14-15-21(19)27-20)12-9-6-7-10-13-22(23)24/h6,9,18-21H,2-5,7-8,10-17H2,1H3,(H,23,24)/t18-,19+,20-,21+/m1/s1. The van der Waals surface area contributed by atoms with E-state index in [2.05, 4.69) is 13.0 Å². The Morgan fingerprint density at radius 3 is 2.39 bits per heavy atom. The van der Waals surface area contributed by atoms with Crippen LogP contribution in [-0.4, -0.2) is 43.2 Å². The normalized spacial score (nSPS) is 27.0. The van der Waals surface area contributed by atoms with Crippen molar-refractivity contribution >= 4 is 15.8 Å². The third-order valence-electron chi connectivity index (χ3n) is 6.18. The summed E-state index contributed by atoms with van der Waals surface area (Å²) in [6.07, 6.45) is 15.5. The van der Waals surface area contributed by atoms with Crippen LogP contribution in [0.1, 0.15) is 84.0 Å². The predicted octanol–water partition coefficient (Wildman–Crippen LogP) is 4.76. The molecule has 0 radical (unpaired) electrons. The lowest BCUT2D eigenvalue weighted by molar-refractivity contribution is -0.137. The molecule has 2 bridgehead atoms. The van der Waals surface area contributed by atoms with Gasteiger partial charge < -0.3 is 9.84 Å². The Bertz CT molecular complexity index is 598. The van der Waals surface area contributed by atoms with E-state index < -0.39 is 15.8 Å². The number of hydrogen-bond donors (Lipinski definition) is 1. The predicted molar refractivity (Wildman–Crippen MR) is 112 cm³/mol. The minimum Gasteiger partial charge on any atom is -0.481 e. The molecular weight excluding hydrogens is 376 g/mol. The molecule has 0 aromatic carbocycles. The summed E-state index contributed by atoms with van der Waals surface area (Å²) in [6, 6.07) is 0. The second-order valence-corrected chi connectivity index (χ2v) is 10.7. The minimum atomic E-state index is -3.03. The summed E-state index contributed by atoms with van der Waals surface area (Å²) in [5.41, 5.74) is 0. The molecule has 0 aliphatic carbocycles. The Kier molecular flexibility index (Phi) is 10.00. The van der Waals surface area contributed by atoms with E-state index in [-0.39, 0.29) is 36.2 Å². The molecule has 0 spiro atoms. The number of carboxylic acid groups (broad SMARTS) is 1. The first-order valence-electron chi connectivity index (χ1n) is 11.2. The Hall–Kier alpha value is -0.880. The summed E-state index contributed by atoms with van der Waals surface area (Å²) in [5.74, 6) is 0.220. The average molecular weight is 415 g/mol. The quantitative estimate of drug-likeness (QED) is 0.309. The van der Waals surface area contributed by atoms with E-state index in [1.54, 1.807) is 0 Å². The van der Waals surface area contributed by atoms with Gasteiger partial charge in [0.25, 0.3) is 0 Å². The molecule has 0 aromatic heterocycles. The molecule has 0 amide bonds. The van der Waals surface area contributed by atoms with E-state index in [1.807, 2.05) is 6.08 Å². The zero-order valence-corrected chi connectivity index (χ0v) is 18.2. The summed E-state index contributed by atoms with van der Waals surface area (Å²) >= 11 is 0. The third kappa shape index (κ3) is 7.86. The summed E-state index contributed by atoms with van der Waals surface area (Å²) < 4.78 is 31.3. The van der Waals surface area contributed by atoms with E-state index >= 15 is 0 Å². The van der Waals surface area contributed by atoms with Crippen LogP contribution < -0.4 is 0 Å². The SMILES string of the molecule is CCCCCCCCS(=O)(=O)C[C@H]1[C@@H](CC=CCCCC(=O)O)[C@H]2CC[C@@H]1O2. The third-order valence-corrected chi connectivity index (χ3v) is 7.99. The number of carbonyl (C=O) groups is 1. The van der Waals surface area contributed by atoms with E-state index in [1.165, 1.54) is 19.3 Å². The van der Waals surface area contributed by atoms with Crippen molar-refractivity contribution in [3.05, 3.63) is 12.2 Å². The smallest absolute Gasteiger partial charge is 0.303 e. The first-order valence-corrected chi connectivity index (χ1v) is 13.0. The van der Waals surface area contributed by atoms with Crippen LogP contribution in [0.2, 0.25) is 0 Å². The summed E-state index contributed by atoms with van der Waals surface area (Å²) in [5, 5.41) is 8.67. The maximum atomic E-state index is 12.6. The van der Waals surface area contributed by atoms with Gasteiger partial charge in [-0.2, -0.15) is 0 Å². The van der Waals surface area contributed by atoms with Crippen LogP contribution in [0.4, 0.5) is 0 Å². The van der Waals surface area contributed by atoms with Crippen LogP contribution in [0.3, 0.4) is 0 Å². The van der Waals surface area contributed by atoms with Crippen molar-refractivity contribution in [3.63, 3.8) is 0 Å². The Labute approximate surface area is 170 Å². The number of fused-ring (bicyclic) bond motifs is 2. The van der Waals surface area contributed by atoms with Gasteiger partial charge in [-0.1, -0.05) is 51.2 Å². The summed E-state index contributed by atoms with van der Waals surface area (Å²) in [7, 11) is -3.03. The van der Waals surface area contributed by atoms with E-state index in [9.17, 15) is 13.2 Å². The maximum Gasteiger partial charge on any atom is 0.303 e. The van der Waals surface area contributed by atoms with Crippen molar-refractivity contribution in [1.82, 2.24) is 0 Å². The first-order chi connectivity index (χ1) is 13.4. The molecule has 0 unspecified atom stereocenters. The van der Waals surface area contributed by atoms with Crippen molar-refractivity contribution in [3.8, 4) is 0 Å². The molecule has 2 saturated heterocycles. The minimum absolute atomic E-state index is 0.106. The topological polar surface area (TPSA) is 80.7 Å². The number of ether oxygens (including phenoxy) is 1. The zero-order chi connectivity index (χ0) is 20.4. The second kappa shape index (κ2) is 12.0. The van der Waals surface area contributed by atoms with Gasteiger partial charge in [-0.3, -0.25) is 4.79 Å². The number of hydrogen-bond acceptors (Lipinski definition) is 4. The number of allylic oxidation sites excluding steroid dienone is 2. The van der Waals surface area contributed by atoms with Gasteiger partial charge in [0.2, 0.25) is 0 Å². The van der Waals surface area contributed by atoms with Crippen LogP contribution in [0.15, 0.2) is 12.2 Å². The zero-order valence-electron chi connectivity index (χ0n) is 17.4. The van der Waals surface area contributed by atoms with Gasteiger partial charge in [0.15, 0.2) is 9.84 Å². The summed E-state index contributed by atoms with van der Waals surface area (Å²) in [6.45, 7) is 2.18. The van der Waals surface area contributed by atoms with Gasteiger partial charge in [0, 0.05) is 12.3 Å². The highest BCUT2D eigenvalue weighted by molar-refractivity contribution is 7.91. The van der Waals surface area contributed by atoms with E-state index in [0.717, 1.165) is 44.9 Å². The van der Waals surface area contributed by atoms with Gasteiger partial charge in [0.1, 0.15) is 0 Å². The lowest BCUT2D eigenvalue weighted by atomic mass is 9.78. The van der Waals surface area contributed by atoms with E-state index in [0.29, 0.717) is 12.2 Å². The van der Waals surface area contributed by atoms with Gasteiger partial charge in [-0.15, -0.1) is 0 Å². The highest BCUT2D eigenvalue weighted by Crippen LogP contribution is 2.45. The summed E-state index contributed by atoms with van der Waals surface area (Å²) in [4.78, 5) is 10.5.